The van der Waals surface area contributed by atoms with Crippen LogP contribution in [0.4, 0.5) is 0 Å². The lowest BCUT2D eigenvalue weighted by molar-refractivity contribution is 0.0956. The Balaban J connectivity index is 3.09. The smallest absolute Gasteiger partial charge is 0.179 e. The van der Waals surface area contributed by atoms with Crippen molar-refractivity contribution in [3.8, 4) is 17.6 Å². The highest BCUT2D eigenvalue weighted by Crippen LogP contribution is 2.28. The van der Waals surface area contributed by atoms with Crippen molar-refractivity contribution in [3.63, 3.8) is 0 Å². The third-order valence-electron chi connectivity index (χ3n) is 2.25. The summed E-state index contributed by atoms with van der Waals surface area (Å²) in [5.41, 5.74) is 0.451. The van der Waals surface area contributed by atoms with Gasteiger partial charge in [-0.05, 0) is 25.1 Å². The zero-order valence-corrected chi connectivity index (χ0v) is 9.48. The van der Waals surface area contributed by atoms with Gasteiger partial charge in [0.1, 0.15) is 5.92 Å². The number of nitriles is 1. The Kier molecular flexibility index (Phi) is 3.90. The Morgan fingerprint density at radius 1 is 1.31 bits per heavy atom. The highest BCUT2D eigenvalue weighted by atomic mass is 16.5. The SMILES string of the molecule is COc1ccc(C(=O)C(C)C#N)cc1OC. The van der Waals surface area contributed by atoms with Gasteiger partial charge < -0.3 is 9.47 Å². The van der Waals surface area contributed by atoms with Gasteiger partial charge in [0, 0.05) is 5.56 Å². The number of benzene rings is 1. The summed E-state index contributed by atoms with van der Waals surface area (Å²) in [4.78, 5) is 11.7. The summed E-state index contributed by atoms with van der Waals surface area (Å²) < 4.78 is 10.1. The van der Waals surface area contributed by atoms with E-state index < -0.39 is 5.92 Å². The third-order valence-corrected chi connectivity index (χ3v) is 2.25. The second-order valence-corrected chi connectivity index (χ2v) is 3.28. The Morgan fingerprint density at radius 2 is 1.94 bits per heavy atom. The summed E-state index contributed by atoms with van der Waals surface area (Å²) >= 11 is 0. The molecule has 84 valence electrons. The van der Waals surface area contributed by atoms with E-state index in [0.29, 0.717) is 17.1 Å². The minimum Gasteiger partial charge on any atom is -0.493 e. The van der Waals surface area contributed by atoms with Gasteiger partial charge in [-0.25, -0.2) is 0 Å². The normalized spacial score (nSPS) is 11.4. The highest BCUT2D eigenvalue weighted by Gasteiger charge is 2.16. The molecule has 16 heavy (non-hydrogen) atoms. The third kappa shape index (κ3) is 2.31. The molecule has 0 amide bonds. The molecule has 4 heteroatoms. The van der Waals surface area contributed by atoms with E-state index in [1.165, 1.54) is 14.2 Å². The molecular formula is C12H13NO3. The lowest BCUT2D eigenvalue weighted by Gasteiger charge is -2.09. The number of hydrogen-bond acceptors (Lipinski definition) is 4. The van der Waals surface area contributed by atoms with Gasteiger partial charge in [0.25, 0.3) is 0 Å². The Bertz CT molecular complexity index is 434. The van der Waals surface area contributed by atoms with Crippen LogP contribution < -0.4 is 9.47 Å². The Hall–Kier alpha value is -2.02. The molecule has 0 saturated carbocycles. The zero-order chi connectivity index (χ0) is 12.1. The first-order chi connectivity index (χ1) is 7.63. The van der Waals surface area contributed by atoms with E-state index in [0.717, 1.165) is 0 Å². The predicted octanol–water partition coefficient (Wildman–Crippen LogP) is 2.05. The van der Waals surface area contributed by atoms with Crippen LogP contribution in [-0.4, -0.2) is 20.0 Å². The number of Topliss-reactive ketones (excluding diaryl/α,β-unsaturated/α-hetero) is 1. The van der Waals surface area contributed by atoms with Crippen LogP contribution in [-0.2, 0) is 0 Å². The average molecular weight is 219 g/mol. The van der Waals surface area contributed by atoms with E-state index in [4.69, 9.17) is 14.7 Å². The maximum absolute atomic E-state index is 11.7. The van der Waals surface area contributed by atoms with Crippen molar-refractivity contribution < 1.29 is 14.3 Å². The van der Waals surface area contributed by atoms with E-state index in [9.17, 15) is 4.79 Å². The molecule has 1 aromatic carbocycles. The van der Waals surface area contributed by atoms with Crippen LogP contribution in [0.3, 0.4) is 0 Å². The number of ether oxygens (including phenoxy) is 2. The summed E-state index contributed by atoms with van der Waals surface area (Å²) in [6.07, 6.45) is 0. The second kappa shape index (κ2) is 5.17. The molecule has 0 bridgehead atoms. The van der Waals surface area contributed by atoms with Crippen molar-refractivity contribution in [1.29, 1.82) is 5.26 Å². The molecule has 1 aromatic rings. The van der Waals surface area contributed by atoms with Crippen LogP contribution >= 0.6 is 0 Å². The summed E-state index contributed by atoms with van der Waals surface area (Å²) in [6, 6.07) is 6.76. The van der Waals surface area contributed by atoms with Crippen LogP contribution in [0.25, 0.3) is 0 Å². The fourth-order valence-electron chi connectivity index (χ4n) is 1.30. The summed E-state index contributed by atoms with van der Waals surface area (Å²) in [5.74, 6) is 0.170. The molecule has 0 aromatic heterocycles. The van der Waals surface area contributed by atoms with Gasteiger partial charge in [-0.1, -0.05) is 0 Å². The molecule has 0 aliphatic rings. The van der Waals surface area contributed by atoms with E-state index in [-0.39, 0.29) is 5.78 Å². The molecule has 4 nitrogen and oxygen atoms in total. The van der Waals surface area contributed by atoms with Gasteiger partial charge in [0.05, 0.1) is 20.3 Å². The first kappa shape index (κ1) is 12.1. The maximum atomic E-state index is 11.7. The fourth-order valence-corrected chi connectivity index (χ4v) is 1.30. The summed E-state index contributed by atoms with van der Waals surface area (Å²) in [7, 11) is 3.02. The molecule has 0 fully saturated rings. The largest absolute Gasteiger partial charge is 0.493 e. The molecule has 1 unspecified atom stereocenters. The molecule has 0 radical (unpaired) electrons. The number of methoxy groups -OCH3 is 2. The molecule has 0 aliphatic heterocycles. The van der Waals surface area contributed by atoms with E-state index >= 15 is 0 Å². The first-order valence-corrected chi connectivity index (χ1v) is 4.80. The molecular weight excluding hydrogens is 206 g/mol. The Morgan fingerprint density at radius 3 is 2.44 bits per heavy atom. The van der Waals surface area contributed by atoms with Crippen molar-refractivity contribution in [2.24, 2.45) is 5.92 Å². The van der Waals surface area contributed by atoms with Gasteiger partial charge in [-0.3, -0.25) is 4.79 Å². The van der Waals surface area contributed by atoms with Gasteiger partial charge in [0.2, 0.25) is 0 Å². The van der Waals surface area contributed by atoms with Crippen molar-refractivity contribution in [2.75, 3.05) is 14.2 Å². The van der Waals surface area contributed by atoms with E-state index in [1.54, 1.807) is 25.1 Å². The monoisotopic (exact) mass is 219 g/mol. The van der Waals surface area contributed by atoms with E-state index in [1.807, 2.05) is 6.07 Å². The lowest BCUT2D eigenvalue weighted by atomic mass is 10.0. The van der Waals surface area contributed by atoms with Gasteiger partial charge in [-0.2, -0.15) is 5.26 Å². The number of ketones is 1. The molecule has 0 heterocycles. The van der Waals surface area contributed by atoms with Crippen LogP contribution in [0.2, 0.25) is 0 Å². The maximum Gasteiger partial charge on any atom is 0.179 e. The lowest BCUT2D eigenvalue weighted by Crippen LogP contribution is -2.09. The number of nitrogens with zero attached hydrogens (tertiary/aromatic N) is 1. The average Bonchev–Trinajstić information content (AvgIpc) is 2.35. The Labute approximate surface area is 94.4 Å². The quantitative estimate of drug-likeness (QED) is 0.727. The number of rotatable bonds is 4. The fraction of sp³-hybridized carbons (Fsp3) is 0.333. The molecule has 0 aliphatic carbocycles. The molecule has 0 saturated heterocycles. The van der Waals surface area contributed by atoms with Crippen molar-refractivity contribution in [2.45, 2.75) is 6.92 Å². The predicted molar refractivity (Wildman–Crippen MR) is 58.7 cm³/mol. The topological polar surface area (TPSA) is 59.3 Å². The highest BCUT2D eigenvalue weighted by molar-refractivity contribution is 5.99. The zero-order valence-electron chi connectivity index (χ0n) is 9.48. The minimum atomic E-state index is -0.655. The molecule has 1 rings (SSSR count). The van der Waals surface area contributed by atoms with E-state index in [2.05, 4.69) is 0 Å². The standard InChI is InChI=1S/C12H13NO3/c1-8(7-13)12(14)9-4-5-10(15-2)11(6-9)16-3/h4-6,8H,1-3H3. The number of hydrogen-bond donors (Lipinski definition) is 0. The van der Waals surface area contributed by atoms with Crippen molar-refractivity contribution in [1.82, 2.24) is 0 Å². The summed E-state index contributed by atoms with van der Waals surface area (Å²) in [6.45, 7) is 1.57. The van der Waals surface area contributed by atoms with Crippen LogP contribution in [0.1, 0.15) is 17.3 Å². The van der Waals surface area contributed by atoms with Crippen LogP contribution in [0, 0.1) is 17.2 Å². The van der Waals surface area contributed by atoms with Crippen LogP contribution in [0.15, 0.2) is 18.2 Å². The first-order valence-electron chi connectivity index (χ1n) is 4.80. The van der Waals surface area contributed by atoms with Crippen LogP contribution in [0.5, 0.6) is 11.5 Å². The number of carbonyl (C=O) groups excluding carboxylic acids is 1. The summed E-state index contributed by atoms with van der Waals surface area (Å²) in [5, 5.41) is 8.67. The molecule has 1 atom stereocenters. The van der Waals surface area contributed by atoms with Crippen molar-refractivity contribution >= 4 is 5.78 Å². The minimum absolute atomic E-state index is 0.219. The van der Waals surface area contributed by atoms with Gasteiger partial charge in [-0.15, -0.1) is 0 Å². The second-order valence-electron chi connectivity index (χ2n) is 3.28. The van der Waals surface area contributed by atoms with Crippen molar-refractivity contribution in [3.05, 3.63) is 23.8 Å². The molecule has 0 spiro atoms. The van der Waals surface area contributed by atoms with Gasteiger partial charge in [0.15, 0.2) is 17.3 Å². The number of carbonyl (C=O) groups is 1. The van der Waals surface area contributed by atoms with Gasteiger partial charge >= 0.3 is 0 Å². The molecule has 0 N–H and O–H groups in total.